The predicted molar refractivity (Wildman–Crippen MR) is 62.2 cm³/mol. The Hall–Kier alpha value is -0.890. The Morgan fingerprint density at radius 2 is 1.69 bits per heavy atom. The number of halogens is 1. The van der Waals surface area contributed by atoms with Crippen LogP contribution in [0.15, 0.2) is 24.3 Å². The van der Waals surface area contributed by atoms with E-state index in [0.717, 1.165) is 6.54 Å². The number of hydrogen-bond donors (Lipinski definition) is 1. The lowest BCUT2D eigenvalue weighted by Crippen LogP contribution is -2.08. The molecule has 0 atom stereocenters. The zero-order chi connectivity index (χ0) is 8.97. The molecule has 1 N–H and O–H groups in total. The minimum absolute atomic E-state index is 0. The van der Waals surface area contributed by atoms with Crippen molar-refractivity contribution in [2.24, 2.45) is 0 Å². The third kappa shape index (κ3) is 3.55. The van der Waals surface area contributed by atoms with Crippen LogP contribution < -0.4 is 10.2 Å². The Morgan fingerprint density at radius 1 is 1.15 bits per heavy atom. The number of rotatable bonds is 3. The molecular formula is C10H17ClN2. The van der Waals surface area contributed by atoms with Crippen molar-refractivity contribution in [2.75, 3.05) is 30.9 Å². The van der Waals surface area contributed by atoms with E-state index in [4.69, 9.17) is 0 Å². The Morgan fingerprint density at radius 3 is 2.08 bits per heavy atom. The Bertz CT molecular complexity index is 231. The van der Waals surface area contributed by atoms with Crippen molar-refractivity contribution in [1.29, 1.82) is 0 Å². The van der Waals surface area contributed by atoms with Gasteiger partial charge in [0.1, 0.15) is 0 Å². The monoisotopic (exact) mass is 200 g/mol. The third-order valence-electron chi connectivity index (χ3n) is 1.76. The zero-order valence-corrected chi connectivity index (χ0v) is 9.19. The maximum Gasteiger partial charge on any atom is 0.0362 e. The van der Waals surface area contributed by atoms with Gasteiger partial charge in [0.25, 0.3) is 0 Å². The summed E-state index contributed by atoms with van der Waals surface area (Å²) in [5.74, 6) is 0. The largest absolute Gasteiger partial charge is 0.385 e. The lowest BCUT2D eigenvalue weighted by atomic mass is 10.2. The molecule has 0 aliphatic heterocycles. The minimum Gasteiger partial charge on any atom is -0.385 e. The van der Waals surface area contributed by atoms with E-state index in [0.29, 0.717) is 0 Å². The van der Waals surface area contributed by atoms with Crippen LogP contribution in [0.5, 0.6) is 0 Å². The van der Waals surface area contributed by atoms with E-state index in [1.807, 2.05) is 14.1 Å². The summed E-state index contributed by atoms with van der Waals surface area (Å²) in [7, 11) is 4.09. The molecule has 13 heavy (non-hydrogen) atoms. The first-order valence-corrected chi connectivity index (χ1v) is 4.25. The van der Waals surface area contributed by atoms with Gasteiger partial charge in [-0.1, -0.05) is 0 Å². The summed E-state index contributed by atoms with van der Waals surface area (Å²) in [4.78, 5) is 2.09. The molecule has 0 bridgehead atoms. The first kappa shape index (κ1) is 12.1. The minimum atomic E-state index is 0. The average molecular weight is 201 g/mol. The molecule has 0 heterocycles. The fourth-order valence-corrected chi connectivity index (χ4v) is 1.08. The van der Waals surface area contributed by atoms with Crippen LogP contribution in [0.1, 0.15) is 6.92 Å². The van der Waals surface area contributed by atoms with Crippen LogP contribution in [0.4, 0.5) is 11.4 Å². The molecule has 1 aromatic carbocycles. The molecule has 0 radical (unpaired) electrons. The molecule has 1 aromatic rings. The van der Waals surface area contributed by atoms with Gasteiger partial charge in [-0.3, -0.25) is 0 Å². The van der Waals surface area contributed by atoms with E-state index in [-0.39, 0.29) is 12.4 Å². The summed E-state index contributed by atoms with van der Waals surface area (Å²) in [5, 5.41) is 3.26. The standard InChI is InChI=1S/C10H16N2.ClH/c1-4-11-9-5-7-10(8-6-9)12(2)3;/h5-8,11H,4H2,1-3H3;1H. The van der Waals surface area contributed by atoms with Crippen LogP contribution in [-0.4, -0.2) is 20.6 Å². The van der Waals surface area contributed by atoms with Gasteiger partial charge in [-0.15, -0.1) is 12.4 Å². The van der Waals surface area contributed by atoms with Crippen molar-refractivity contribution in [3.63, 3.8) is 0 Å². The second-order valence-electron chi connectivity index (χ2n) is 2.97. The average Bonchev–Trinajstić information content (AvgIpc) is 2.06. The molecule has 0 aliphatic carbocycles. The van der Waals surface area contributed by atoms with E-state index in [2.05, 4.69) is 41.4 Å². The van der Waals surface area contributed by atoms with Crippen molar-refractivity contribution in [3.05, 3.63) is 24.3 Å². The summed E-state index contributed by atoms with van der Waals surface area (Å²) in [6.45, 7) is 3.07. The first-order valence-electron chi connectivity index (χ1n) is 4.25. The third-order valence-corrected chi connectivity index (χ3v) is 1.76. The number of nitrogens with one attached hydrogen (secondary N) is 1. The van der Waals surface area contributed by atoms with E-state index in [1.165, 1.54) is 11.4 Å². The predicted octanol–water partition coefficient (Wildman–Crippen LogP) is 2.61. The van der Waals surface area contributed by atoms with Crippen molar-refractivity contribution < 1.29 is 0 Å². The van der Waals surface area contributed by atoms with E-state index >= 15 is 0 Å². The highest BCUT2D eigenvalue weighted by atomic mass is 35.5. The van der Waals surface area contributed by atoms with Crippen LogP contribution in [0.25, 0.3) is 0 Å². The fraction of sp³-hybridized carbons (Fsp3) is 0.400. The summed E-state index contributed by atoms with van der Waals surface area (Å²) in [5.41, 5.74) is 2.42. The van der Waals surface area contributed by atoms with Crippen LogP contribution >= 0.6 is 12.4 Å². The maximum absolute atomic E-state index is 3.26. The highest BCUT2D eigenvalue weighted by molar-refractivity contribution is 5.85. The van der Waals surface area contributed by atoms with Gasteiger partial charge in [-0.25, -0.2) is 0 Å². The van der Waals surface area contributed by atoms with Crippen molar-refractivity contribution >= 4 is 23.8 Å². The second-order valence-corrected chi connectivity index (χ2v) is 2.97. The van der Waals surface area contributed by atoms with Gasteiger partial charge in [0.15, 0.2) is 0 Å². The van der Waals surface area contributed by atoms with Crippen LogP contribution in [-0.2, 0) is 0 Å². The molecule has 74 valence electrons. The molecule has 0 saturated heterocycles. The Kier molecular flexibility index (Phi) is 5.31. The quantitative estimate of drug-likeness (QED) is 0.807. The smallest absolute Gasteiger partial charge is 0.0362 e. The Balaban J connectivity index is 0.00000144. The highest BCUT2D eigenvalue weighted by Gasteiger charge is 1.93. The van der Waals surface area contributed by atoms with Gasteiger partial charge >= 0.3 is 0 Å². The number of anilines is 2. The molecule has 0 unspecified atom stereocenters. The van der Waals surface area contributed by atoms with Crippen LogP contribution in [0.3, 0.4) is 0 Å². The zero-order valence-electron chi connectivity index (χ0n) is 8.37. The van der Waals surface area contributed by atoms with Crippen molar-refractivity contribution in [1.82, 2.24) is 0 Å². The van der Waals surface area contributed by atoms with Gasteiger partial charge in [-0.05, 0) is 31.2 Å². The van der Waals surface area contributed by atoms with E-state index in [9.17, 15) is 0 Å². The summed E-state index contributed by atoms with van der Waals surface area (Å²) in [6.07, 6.45) is 0. The molecule has 0 amide bonds. The second kappa shape index (κ2) is 5.70. The van der Waals surface area contributed by atoms with Gasteiger partial charge < -0.3 is 10.2 Å². The van der Waals surface area contributed by atoms with E-state index < -0.39 is 0 Å². The molecule has 0 fully saturated rings. The molecule has 0 aromatic heterocycles. The lowest BCUT2D eigenvalue weighted by Gasteiger charge is -2.12. The topological polar surface area (TPSA) is 15.3 Å². The number of benzene rings is 1. The van der Waals surface area contributed by atoms with Crippen molar-refractivity contribution in [3.8, 4) is 0 Å². The molecule has 1 rings (SSSR count). The maximum atomic E-state index is 3.26. The Labute approximate surface area is 86.4 Å². The molecule has 2 nitrogen and oxygen atoms in total. The number of nitrogens with zero attached hydrogens (tertiary/aromatic N) is 1. The number of hydrogen-bond acceptors (Lipinski definition) is 2. The molecular weight excluding hydrogens is 184 g/mol. The SMILES string of the molecule is CCNc1ccc(N(C)C)cc1.Cl. The van der Waals surface area contributed by atoms with Gasteiger partial charge in [0.2, 0.25) is 0 Å². The van der Waals surface area contributed by atoms with Gasteiger partial charge in [0.05, 0.1) is 0 Å². The molecule has 0 spiro atoms. The van der Waals surface area contributed by atoms with E-state index in [1.54, 1.807) is 0 Å². The van der Waals surface area contributed by atoms with Gasteiger partial charge in [-0.2, -0.15) is 0 Å². The summed E-state index contributed by atoms with van der Waals surface area (Å²) < 4.78 is 0. The molecule has 0 aliphatic rings. The highest BCUT2D eigenvalue weighted by Crippen LogP contribution is 2.14. The summed E-state index contributed by atoms with van der Waals surface area (Å²) in [6, 6.07) is 8.41. The van der Waals surface area contributed by atoms with Crippen LogP contribution in [0, 0.1) is 0 Å². The van der Waals surface area contributed by atoms with Gasteiger partial charge in [0, 0.05) is 32.0 Å². The fourth-order valence-electron chi connectivity index (χ4n) is 1.08. The first-order chi connectivity index (χ1) is 5.74. The summed E-state index contributed by atoms with van der Waals surface area (Å²) >= 11 is 0. The van der Waals surface area contributed by atoms with Crippen LogP contribution in [0.2, 0.25) is 0 Å². The normalized spacial score (nSPS) is 8.85. The molecule has 0 saturated carbocycles. The molecule has 3 heteroatoms. The van der Waals surface area contributed by atoms with Crippen molar-refractivity contribution in [2.45, 2.75) is 6.92 Å². The lowest BCUT2D eigenvalue weighted by molar-refractivity contribution is 1.13.